The van der Waals surface area contributed by atoms with Gasteiger partial charge in [-0.3, -0.25) is 4.79 Å². The molecule has 1 saturated carbocycles. The normalized spacial score (nSPS) is 23.0. The summed E-state index contributed by atoms with van der Waals surface area (Å²) in [5.41, 5.74) is 0. The molecular formula is C13H18F3N3OS. The number of amides is 1. The van der Waals surface area contributed by atoms with Gasteiger partial charge in [-0.1, -0.05) is 24.7 Å². The van der Waals surface area contributed by atoms with E-state index in [1.165, 1.54) is 11.3 Å². The van der Waals surface area contributed by atoms with Crippen LogP contribution < -0.4 is 5.32 Å². The number of carbonyl (C=O) groups is 1. The minimum Gasteiger partial charge on any atom is -0.300 e. The predicted octanol–water partition coefficient (Wildman–Crippen LogP) is 3.80. The van der Waals surface area contributed by atoms with Crippen LogP contribution in [0.2, 0.25) is 0 Å². The van der Waals surface area contributed by atoms with E-state index in [2.05, 4.69) is 15.5 Å². The van der Waals surface area contributed by atoms with Crippen molar-refractivity contribution >= 4 is 22.4 Å². The molecule has 118 valence electrons. The smallest absolute Gasteiger partial charge is 0.300 e. The summed E-state index contributed by atoms with van der Waals surface area (Å²) in [4.78, 5) is 12.1. The number of hydrogen-bond donors (Lipinski definition) is 1. The van der Waals surface area contributed by atoms with E-state index in [4.69, 9.17) is 0 Å². The molecule has 21 heavy (non-hydrogen) atoms. The van der Waals surface area contributed by atoms with E-state index in [-0.39, 0.29) is 18.7 Å². The zero-order valence-electron chi connectivity index (χ0n) is 11.7. The van der Waals surface area contributed by atoms with Gasteiger partial charge in [0.05, 0.1) is 5.92 Å². The maximum Gasteiger partial charge on any atom is 0.391 e. The van der Waals surface area contributed by atoms with Gasteiger partial charge in [-0.25, -0.2) is 0 Å². The molecule has 4 nitrogen and oxygen atoms in total. The highest BCUT2D eigenvalue weighted by Crippen LogP contribution is 2.40. The Labute approximate surface area is 125 Å². The molecule has 0 unspecified atom stereocenters. The molecule has 0 aliphatic heterocycles. The molecule has 1 amide bonds. The van der Waals surface area contributed by atoms with Crippen LogP contribution in [-0.2, 0) is 11.2 Å². The zero-order chi connectivity index (χ0) is 15.5. The van der Waals surface area contributed by atoms with Crippen molar-refractivity contribution in [1.29, 1.82) is 0 Å². The minimum absolute atomic E-state index is 0.118. The van der Waals surface area contributed by atoms with Crippen molar-refractivity contribution in [3.8, 4) is 0 Å². The van der Waals surface area contributed by atoms with E-state index in [1.54, 1.807) is 0 Å². The summed E-state index contributed by atoms with van der Waals surface area (Å²) in [7, 11) is 0. The molecule has 1 aliphatic rings. The first-order chi connectivity index (χ1) is 9.90. The lowest BCUT2D eigenvalue weighted by molar-refractivity contribution is -0.185. The first-order valence-electron chi connectivity index (χ1n) is 7.10. The second-order valence-corrected chi connectivity index (χ2v) is 6.40. The quantitative estimate of drug-likeness (QED) is 0.918. The minimum atomic E-state index is -4.21. The van der Waals surface area contributed by atoms with Crippen molar-refractivity contribution in [3.63, 3.8) is 0 Å². The third kappa shape index (κ3) is 4.39. The van der Waals surface area contributed by atoms with E-state index in [1.807, 2.05) is 6.92 Å². The highest BCUT2D eigenvalue weighted by molar-refractivity contribution is 7.15. The average molecular weight is 321 g/mol. The third-order valence-electron chi connectivity index (χ3n) is 3.67. The Kier molecular flexibility index (Phi) is 5.18. The van der Waals surface area contributed by atoms with E-state index >= 15 is 0 Å². The van der Waals surface area contributed by atoms with Gasteiger partial charge in [0.2, 0.25) is 11.0 Å². The van der Waals surface area contributed by atoms with E-state index < -0.39 is 18.0 Å². The van der Waals surface area contributed by atoms with Crippen molar-refractivity contribution < 1.29 is 18.0 Å². The first-order valence-corrected chi connectivity index (χ1v) is 7.91. The van der Waals surface area contributed by atoms with Crippen molar-refractivity contribution in [2.75, 3.05) is 5.32 Å². The number of nitrogens with one attached hydrogen (secondary N) is 1. The lowest BCUT2D eigenvalue weighted by Crippen LogP contribution is -2.34. The summed E-state index contributed by atoms with van der Waals surface area (Å²) in [5, 5.41) is 11.6. The van der Waals surface area contributed by atoms with Gasteiger partial charge >= 0.3 is 6.18 Å². The molecule has 2 rings (SSSR count). The van der Waals surface area contributed by atoms with Gasteiger partial charge < -0.3 is 5.32 Å². The summed E-state index contributed by atoms with van der Waals surface area (Å²) in [6.45, 7) is 2.01. The highest BCUT2D eigenvalue weighted by atomic mass is 32.1. The van der Waals surface area contributed by atoms with Crippen LogP contribution in [0.5, 0.6) is 0 Å². The number of rotatable bonds is 4. The van der Waals surface area contributed by atoms with Crippen LogP contribution in [-0.4, -0.2) is 22.3 Å². The largest absolute Gasteiger partial charge is 0.391 e. The molecule has 8 heteroatoms. The number of carbonyl (C=O) groups excluding carboxylic acids is 1. The van der Waals surface area contributed by atoms with Gasteiger partial charge in [0.1, 0.15) is 5.01 Å². The van der Waals surface area contributed by atoms with Crippen molar-refractivity contribution in [2.24, 2.45) is 11.8 Å². The fourth-order valence-corrected chi connectivity index (χ4v) is 3.40. The summed E-state index contributed by atoms with van der Waals surface area (Å²) in [6, 6.07) is 0. The van der Waals surface area contributed by atoms with E-state index in [0.717, 1.165) is 17.8 Å². The Morgan fingerprint density at radius 1 is 1.38 bits per heavy atom. The number of alkyl halides is 3. The highest BCUT2D eigenvalue weighted by Gasteiger charge is 2.43. The summed E-state index contributed by atoms with van der Waals surface area (Å²) >= 11 is 1.28. The molecule has 1 heterocycles. The number of anilines is 1. The molecule has 2 atom stereocenters. The number of aromatic nitrogens is 2. The van der Waals surface area contributed by atoms with E-state index in [0.29, 0.717) is 18.0 Å². The second-order valence-electron chi connectivity index (χ2n) is 5.34. The zero-order valence-corrected chi connectivity index (χ0v) is 12.6. The van der Waals surface area contributed by atoms with Crippen LogP contribution in [0.25, 0.3) is 0 Å². The van der Waals surface area contributed by atoms with Gasteiger partial charge in [0, 0.05) is 12.3 Å². The van der Waals surface area contributed by atoms with Crippen LogP contribution >= 0.6 is 11.3 Å². The van der Waals surface area contributed by atoms with Crippen LogP contribution in [0.4, 0.5) is 18.3 Å². The van der Waals surface area contributed by atoms with Crippen molar-refractivity contribution in [2.45, 2.75) is 51.6 Å². The number of halogens is 3. The maximum absolute atomic E-state index is 12.7. The molecule has 0 radical (unpaired) electrons. The van der Waals surface area contributed by atoms with Gasteiger partial charge in [-0.2, -0.15) is 13.2 Å². The summed E-state index contributed by atoms with van der Waals surface area (Å²) in [6.07, 6.45) is -1.58. The molecule has 0 saturated heterocycles. The number of hydrogen-bond acceptors (Lipinski definition) is 4. The maximum atomic E-state index is 12.7. The summed E-state index contributed by atoms with van der Waals surface area (Å²) < 4.78 is 38.2. The van der Waals surface area contributed by atoms with Gasteiger partial charge in [0.15, 0.2) is 0 Å². The lowest BCUT2D eigenvalue weighted by Gasteiger charge is -2.29. The predicted molar refractivity (Wildman–Crippen MR) is 74.0 cm³/mol. The Bertz CT molecular complexity index is 489. The van der Waals surface area contributed by atoms with Crippen LogP contribution in [0.3, 0.4) is 0 Å². The SMILES string of the molecule is CCCc1nnc(NC(=O)[C@H]2CCC[C@@H](C(F)(F)F)C2)s1. The standard InChI is InChI=1S/C13H18F3N3OS/c1-2-4-10-18-19-12(21-10)17-11(20)8-5-3-6-9(7-8)13(14,15)16/h8-9H,2-7H2,1H3,(H,17,19,20)/t8-,9+/m0/s1. The molecular weight excluding hydrogens is 303 g/mol. The van der Waals surface area contributed by atoms with Crippen molar-refractivity contribution in [3.05, 3.63) is 5.01 Å². The molecule has 1 aromatic rings. The Hall–Kier alpha value is -1.18. The topological polar surface area (TPSA) is 54.9 Å². The van der Waals surface area contributed by atoms with Gasteiger partial charge in [-0.05, 0) is 25.7 Å². The van der Waals surface area contributed by atoms with Gasteiger partial charge in [-0.15, -0.1) is 10.2 Å². The second kappa shape index (κ2) is 6.72. The fraction of sp³-hybridized carbons (Fsp3) is 0.769. The molecule has 1 aromatic heterocycles. The van der Waals surface area contributed by atoms with Crippen molar-refractivity contribution in [1.82, 2.24) is 10.2 Å². The van der Waals surface area contributed by atoms with Crippen LogP contribution in [0.1, 0.15) is 44.0 Å². The van der Waals surface area contributed by atoms with E-state index in [9.17, 15) is 18.0 Å². The average Bonchev–Trinajstić information content (AvgIpc) is 2.86. The Balaban J connectivity index is 1.93. The fourth-order valence-electron chi connectivity index (χ4n) is 2.55. The molecule has 1 N–H and O–H groups in total. The summed E-state index contributed by atoms with van der Waals surface area (Å²) in [5.74, 6) is -2.33. The first kappa shape index (κ1) is 16.2. The van der Waals surface area contributed by atoms with Crippen LogP contribution in [0.15, 0.2) is 0 Å². The lowest BCUT2D eigenvalue weighted by atomic mass is 9.80. The molecule has 1 aliphatic carbocycles. The molecule has 0 bridgehead atoms. The molecule has 0 aromatic carbocycles. The number of nitrogens with zero attached hydrogens (tertiary/aromatic N) is 2. The Morgan fingerprint density at radius 2 is 2.14 bits per heavy atom. The Morgan fingerprint density at radius 3 is 2.81 bits per heavy atom. The molecule has 0 spiro atoms. The number of aryl methyl sites for hydroxylation is 1. The monoisotopic (exact) mass is 321 g/mol. The van der Waals surface area contributed by atoms with Gasteiger partial charge in [0.25, 0.3) is 0 Å². The third-order valence-corrected chi connectivity index (χ3v) is 4.57. The van der Waals surface area contributed by atoms with Crippen LogP contribution in [0, 0.1) is 11.8 Å². The molecule has 1 fully saturated rings.